The molecule has 0 radical (unpaired) electrons. The van der Waals surface area contributed by atoms with Crippen molar-refractivity contribution < 1.29 is 13.2 Å². The topological polar surface area (TPSA) is 75.3 Å². The molecule has 0 aliphatic rings. The molecule has 0 bridgehead atoms. The van der Waals surface area contributed by atoms with Crippen LogP contribution in [0.2, 0.25) is 5.02 Å². The van der Waals surface area contributed by atoms with Crippen molar-refractivity contribution in [2.24, 2.45) is 0 Å². The second kappa shape index (κ2) is 8.90. The average molecular weight is 443 g/mol. The molecule has 156 valence electrons. The minimum absolute atomic E-state index is 0.130. The molecule has 0 spiro atoms. The smallest absolute Gasteiger partial charge is 0.261 e. The molecule has 2 N–H and O–H groups in total. The van der Waals surface area contributed by atoms with E-state index in [4.69, 9.17) is 11.6 Å². The molecule has 1 atom stereocenters. The normalized spacial score (nSPS) is 12.3. The van der Waals surface area contributed by atoms with Crippen LogP contribution in [0.5, 0.6) is 0 Å². The van der Waals surface area contributed by atoms with E-state index in [2.05, 4.69) is 16.1 Å². The molecule has 0 fully saturated rings. The summed E-state index contributed by atoms with van der Waals surface area (Å²) in [4.78, 5) is 12.8. The summed E-state index contributed by atoms with van der Waals surface area (Å²) in [5.74, 6) is -0.290. The van der Waals surface area contributed by atoms with Crippen molar-refractivity contribution in [3.8, 4) is 0 Å². The number of carbonyl (C=O) groups excluding carboxylic acids is 1. The standard InChI is InChI=1S/C23H23ClN2O3S/c1-15-9-11-20(16(2)13-15)17(3)25-23(27)18-10-12-22(21(24)14-18)26-30(28,29)19-7-5-4-6-8-19/h4-14,17,26H,1-3H3,(H,25,27). The van der Waals surface area contributed by atoms with Gasteiger partial charge in [-0.05, 0) is 62.2 Å². The van der Waals surface area contributed by atoms with Crippen LogP contribution in [-0.2, 0) is 10.0 Å². The van der Waals surface area contributed by atoms with Gasteiger partial charge in [0.25, 0.3) is 15.9 Å². The van der Waals surface area contributed by atoms with Crippen LogP contribution in [0.15, 0.2) is 71.6 Å². The van der Waals surface area contributed by atoms with Gasteiger partial charge in [0.15, 0.2) is 0 Å². The molecule has 0 saturated heterocycles. The van der Waals surface area contributed by atoms with E-state index in [1.165, 1.54) is 24.3 Å². The highest BCUT2D eigenvalue weighted by atomic mass is 35.5. The molecule has 7 heteroatoms. The van der Waals surface area contributed by atoms with Crippen molar-refractivity contribution in [3.05, 3.63) is 94.0 Å². The zero-order chi connectivity index (χ0) is 21.9. The maximum atomic E-state index is 12.7. The molecule has 0 aliphatic heterocycles. The van der Waals surface area contributed by atoms with E-state index in [-0.39, 0.29) is 27.6 Å². The van der Waals surface area contributed by atoms with Crippen molar-refractivity contribution in [2.75, 3.05) is 4.72 Å². The molecule has 1 amide bonds. The summed E-state index contributed by atoms with van der Waals surface area (Å²) in [6.45, 7) is 5.95. The van der Waals surface area contributed by atoms with Gasteiger partial charge in [-0.25, -0.2) is 8.42 Å². The summed E-state index contributed by atoms with van der Waals surface area (Å²) in [6, 6.07) is 18.4. The number of halogens is 1. The van der Waals surface area contributed by atoms with E-state index in [9.17, 15) is 13.2 Å². The Bertz CT molecular complexity index is 1180. The van der Waals surface area contributed by atoms with Gasteiger partial charge in [0, 0.05) is 5.56 Å². The third-order valence-corrected chi connectivity index (χ3v) is 6.46. The van der Waals surface area contributed by atoms with Crippen LogP contribution in [0.3, 0.4) is 0 Å². The van der Waals surface area contributed by atoms with Gasteiger partial charge in [0.05, 0.1) is 21.6 Å². The monoisotopic (exact) mass is 442 g/mol. The third kappa shape index (κ3) is 5.01. The number of rotatable bonds is 6. The van der Waals surface area contributed by atoms with Crippen molar-refractivity contribution in [2.45, 2.75) is 31.7 Å². The van der Waals surface area contributed by atoms with Crippen LogP contribution in [0.1, 0.15) is 40.0 Å². The van der Waals surface area contributed by atoms with E-state index in [1.807, 2.05) is 32.9 Å². The maximum Gasteiger partial charge on any atom is 0.261 e. The van der Waals surface area contributed by atoms with Crippen molar-refractivity contribution in [1.82, 2.24) is 5.32 Å². The minimum Gasteiger partial charge on any atom is -0.346 e. The number of hydrogen-bond acceptors (Lipinski definition) is 3. The molecule has 0 aliphatic carbocycles. The summed E-state index contributed by atoms with van der Waals surface area (Å²) in [7, 11) is -3.77. The average Bonchev–Trinajstić information content (AvgIpc) is 2.70. The Hall–Kier alpha value is -2.83. The van der Waals surface area contributed by atoms with E-state index < -0.39 is 10.0 Å². The highest BCUT2D eigenvalue weighted by Crippen LogP contribution is 2.26. The predicted octanol–water partition coefficient (Wildman–Crippen LogP) is 5.25. The van der Waals surface area contributed by atoms with Gasteiger partial charge in [-0.1, -0.05) is 53.6 Å². The Balaban J connectivity index is 1.75. The lowest BCUT2D eigenvalue weighted by Crippen LogP contribution is -2.27. The number of carbonyl (C=O) groups is 1. The Morgan fingerprint density at radius 2 is 1.67 bits per heavy atom. The largest absolute Gasteiger partial charge is 0.346 e. The molecule has 1 unspecified atom stereocenters. The lowest BCUT2D eigenvalue weighted by molar-refractivity contribution is 0.0940. The van der Waals surface area contributed by atoms with Crippen molar-refractivity contribution in [1.29, 1.82) is 0 Å². The van der Waals surface area contributed by atoms with Crippen LogP contribution < -0.4 is 10.0 Å². The van der Waals surface area contributed by atoms with Crippen LogP contribution in [0.25, 0.3) is 0 Å². The van der Waals surface area contributed by atoms with E-state index in [1.54, 1.807) is 24.3 Å². The molecular weight excluding hydrogens is 420 g/mol. The SMILES string of the molecule is Cc1ccc(C(C)NC(=O)c2ccc(NS(=O)(=O)c3ccccc3)c(Cl)c2)c(C)c1. The summed E-state index contributed by atoms with van der Waals surface area (Å²) in [6.07, 6.45) is 0. The Morgan fingerprint density at radius 3 is 2.30 bits per heavy atom. The van der Waals surface area contributed by atoms with E-state index in [0.29, 0.717) is 5.56 Å². The first kappa shape index (κ1) is 21.9. The molecule has 30 heavy (non-hydrogen) atoms. The lowest BCUT2D eigenvalue weighted by atomic mass is 10.00. The van der Waals surface area contributed by atoms with Crippen LogP contribution >= 0.6 is 11.6 Å². The predicted molar refractivity (Wildman–Crippen MR) is 120 cm³/mol. The lowest BCUT2D eigenvalue weighted by Gasteiger charge is -2.17. The number of aryl methyl sites for hydroxylation is 2. The fourth-order valence-electron chi connectivity index (χ4n) is 3.21. The second-order valence-corrected chi connectivity index (χ2v) is 9.26. The van der Waals surface area contributed by atoms with Crippen LogP contribution in [0.4, 0.5) is 5.69 Å². The van der Waals surface area contributed by atoms with Crippen molar-refractivity contribution in [3.63, 3.8) is 0 Å². The van der Waals surface area contributed by atoms with E-state index >= 15 is 0 Å². The Kier molecular flexibility index (Phi) is 6.48. The van der Waals surface area contributed by atoms with E-state index in [0.717, 1.165) is 16.7 Å². The highest BCUT2D eigenvalue weighted by Gasteiger charge is 2.18. The van der Waals surface area contributed by atoms with Gasteiger partial charge in [-0.2, -0.15) is 0 Å². The molecule has 0 aromatic heterocycles. The number of nitrogens with one attached hydrogen (secondary N) is 2. The van der Waals surface area contributed by atoms with Gasteiger partial charge < -0.3 is 5.32 Å². The Labute approximate surface area is 182 Å². The zero-order valence-corrected chi connectivity index (χ0v) is 18.5. The summed E-state index contributed by atoms with van der Waals surface area (Å²) < 4.78 is 27.4. The number of benzene rings is 3. The highest BCUT2D eigenvalue weighted by molar-refractivity contribution is 7.92. The van der Waals surface area contributed by atoms with Gasteiger partial charge >= 0.3 is 0 Å². The number of hydrogen-bond donors (Lipinski definition) is 2. The molecule has 0 heterocycles. The van der Waals surface area contributed by atoms with Gasteiger partial charge in [0.1, 0.15) is 0 Å². The number of amides is 1. The first-order chi connectivity index (χ1) is 14.2. The summed E-state index contributed by atoms with van der Waals surface area (Å²) >= 11 is 6.26. The fraction of sp³-hybridized carbons (Fsp3) is 0.174. The summed E-state index contributed by atoms with van der Waals surface area (Å²) in [5.41, 5.74) is 3.85. The first-order valence-corrected chi connectivity index (χ1v) is 11.3. The molecule has 3 aromatic rings. The molecule has 5 nitrogen and oxygen atoms in total. The van der Waals surface area contributed by atoms with Crippen molar-refractivity contribution >= 4 is 33.2 Å². The number of sulfonamides is 1. The van der Waals surface area contributed by atoms with Gasteiger partial charge in [0.2, 0.25) is 0 Å². The summed E-state index contributed by atoms with van der Waals surface area (Å²) in [5, 5.41) is 3.10. The first-order valence-electron chi connectivity index (χ1n) is 9.43. The third-order valence-electron chi connectivity index (χ3n) is 4.77. The molecule has 3 aromatic carbocycles. The maximum absolute atomic E-state index is 12.7. The second-order valence-electron chi connectivity index (χ2n) is 7.17. The Morgan fingerprint density at radius 1 is 0.967 bits per heavy atom. The number of anilines is 1. The fourth-order valence-corrected chi connectivity index (χ4v) is 4.60. The minimum atomic E-state index is -3.77. The molecular formula is C23H23ClN2O3S. The van der Waals surface area contributed by atoms with Gasteiger partial charge in [-0.3, -0.25) is 9.52 Å². The van der Waals surface area contributed by atoms with Crippen LogP contribution in [0, 0.1) is 13.8 Å². The molecule has 3 rings (SSSR count). The molecule has 0 saturated carbocycles. The zero-order valence-electron chi connectivity index (χ0n) is 16.9. The quantitative estimate of drug-likeness (QED) is 0.547. The van der Waals surface area contributed by atoms with Gasteiger partial charge in [-0.15, -0.1) is 0 Å². The van der Waals surface area contributed by atoms with Crippen LogP contribution in [-0.4, -0.2) is 14.3 Å².